The molecule has 1 aliphatic rings. The Kier molecular flexibility index (Phi) is 5.65. The predicted molar refractivity (Wildman–Crippen MR) is 98.3 cm³/mol. The van der Waals surface area contributed by atoms with Gasteiger partial charge in [-0.05, 0) is 25.0 Å². The third-order valence-corrected chi connectivity index (χ3v) is 5.65. The number of sulfonamides is 1. The SMILES string of the molecule is N#Cc1ccccc1S(=O)(=O)NCCNc1cc(N2CCCC2)cnn1. The molecule has 1 saturated heterocycles. The average molecular weight is 372 g/mol. The lowest BCUT2D eigenvalue weighted by Crippen LogP contribution is -2.29. The van der Waals surface area contributed by atoms with E-state index < -0.39 is 10.0 Å². The van der Waals surface area contributed by atoms with Crippen LogP contribution in [0.15, 0.2) is 41.4 Å². The Bertz CT molecular complexity index is 903. The fraction of sp³-hybridized carbons (Fsp3) is 0.353. The Morgan fingerprint density at radius 2 is 1.96 bits per heavy atom. The van der Waals surface area contributed by atoms with E-state index in [0.29, 0.717) is 12.4 Å². The van der Waals surface area contributed by atoms with Gasteiger partial charge in [-0.2, -0.15) is 10.4 Å². The number of aromatic nitrogens is 2. The number of nitrogens with zero attached hydrogens (tertiary/aromatic N) is 4. The van der Waals surface area contributed by atoms with Crippen molar-refractivity contribution in [3.05, 3.63) is 42.1 Å². The Hall–Kier alpha value is -2.70. The molecule has 0 spiro atoms. The second-order valence-corrected chi connectivity index (χ2v) is 7.66. The Morgan fingerprint density at radius 3 is 2.73 bits per heavy atom. The van der Waals surface area contributed by atoms with Crippen LogP contribution in [0, 0.1) is 11.3 Å². The first-order valence-corrected chi connectivity index (χ1v) is 9.89. The van der Waals surface area contributed by atoms with Crippen LogP contribution in [-0.4, -0.2) is 44.8 Å². The van der Waals surface area contributed by atoms with Crippen molar-refractivity contribution in [1.29, 1.82) is 5.26 Å². The van der Waals surface area contributed by atoms with E-state index in [2.05, 4.69) is 25.1 Å². The van der Waals surface area contributed by atoms with E-state index in [-0.39, 0.29) is 17.0 Å². The third-order valence-electron chi connectivity index (χ3n) is 4.13. The van der Waals surface area contributed by atoms with E-state index in [0.717, 1.165) is 18.8 Å². The Morgan fingerprint density at radius 1 is 1.19 bits per heavy atom. The van der Waals surface area contributed by atoms with Crippen LogP contribution in [-0.2, 0) is 10.0 Å². The van der Waals surface area contributed by atoms with Crippen molar-refractivity contribution in [2.45, 2.75) is 17.7 Å². The molecule has 0 amide bonds. The normalized spacial score (nSPS) is 14.2. The second-order valence-electron chi connectivity index (χ2n) is 5.93. The van der Waals surface area contributed by atoms with Crippen molar-refractivity contribution >= 4 is 21.5 Å². The van der Waals surface area contributed by atoms with Crippen LogP contribution in [0.25, 0.3) is 0 Å². The van der Waals surface area contributed by atoms with Gasteiger partial charge < -0.3 is 10.2 Å². The van der Waals surface area contributed by atoms with Crippen LogP contribution in [0.3, 0.4) is 0 Å². The lowest BCUT2D eigenvalue weighted by Gasteiger charge is -2.17. The van der Waals surface area contributed by atoms with Crippen LogP contribution >= 0.6 is 0 Å². The lowest BCUT2D eigenvalue weighted by atomic mass is 10.2. The molecule has 2 aromatic rings. The molecule has 0 saturated carbocycles. The van der Waals surface area contributed by atoms with Crippen molar-refractivity contribution in [3.63, 3.8) is 0 Å². The summed E-state index contributed by atoms with van der Waals surface area (Å²) in [5.74, 6) is 0.603. The highest BCUT2D eigenvalue weighted by atomic mass is 32.2. The van der Waals surface area contributed by atoms with E-state index in [1.165, 1.54) is 25.0 Å². The molecule has 3 rings (SSSR count). The van der Waals surface area contributed by atoms with Crippen molar-refractivity contribution in [2.75, 3.05) is 36.4 Å². The molecule has 1 aliphatic heterocycles. The molecule has 1 aromatic heterocycles. The summed E-state index contributed by atoms with van der Waals surface area (Å²) in [5, 5.41) is 20.1. The molecule has 0 atom stereocenters. The molecule has 0 radical (unpaired) electrons. The highest BCUT2D eigenvalue weighted by Crippen LogP contribution is 2.20. The van der Waals surface area contributed by atoms with Crippen LogP contribution in [0.1, 0.15) is 18.4 Å². The van der Waals surface area contributed by atoms with Gasteiger partial charge in [0.25, 0.3) is 0 Å². The first-order valence-electron chi connectivity index (χ1n) is 8.40. The third kappa shape index (κ3) is 4.28. The average Bonchev–Trinajstić information content (AvgIpc) is 3.20. The van der Waals surface area contributed by atoms with Crippen LogP contribution in [0.4, 0.5) is 11.5 Å². The van der Waals surface area contributed by atoms with Crippen LogP contribution < -0.4 is 14.9 Å². The number of nitriles is 1. The second kappa shape index (κ2) is 8.12. The molecule has 136 valence electrons. The van der Waals surface area contributed by atoms with Crippen LogP contribution in [0.2, 0.25) is 0 Å². The van der Waals surface area contributed by atoms with Gasteiger partial charge in [0.2, 0.25) is 10.0 Å². The molecule has 2 N–H and O–H groups in total. The molecule has 0 unspecified atom stereocenters. The number of benzene rings is 1. The summed E-state index contributed by atoms with van der Waals surface area (Å²) in [6.45, 7) is 2.55. The van der Waals surface area contributed by atoms with Gasteiger partial charge >= 0.3 is 0 Å². The molecule has 8 nitrogen and oxygen atoms in total. The summed E-state index contributed by atoms with van der Waals surface area (Å²) >= 11 is 0. The highest BCUT2D eigenvalue weighted by molar-refractivity contribution is 7.89. The van der Waals surface area contributed by atoms with Crippen molar-refractivity contribution in [2.24, 2.45) is 0 Å². The molecule has 0 bridgehead atoms. The minimum atomic E-state index is -3.74. The quantitative estimate of drug-likeness (QED) is 0.706. The minimum absolute atomic E-state index is 0.0154. The molecule has 2 heterocycles. The van der Waals surface area contributed by atoms with Crippen LogP contribution in [0.5, 0.6) is 0 Å². The molecule has 1 fully saturated rings. The number of nitrogens with one attached hydrogen (secondary N) is 2. The van der Waals surface area contributed by atoms with Gasteiger partial charge in [0.15, 0.2) is 5.82 Å². The number of hydrogen-bond donors (Lipinski definition) is 2. The lowest BCUT2D eigenvalue weighted by molar-refractivity contribution is 0.582. The van der Waals surface area contributed by atoms with E-state index in [1.807, 2.05) is 12.1 Å². The van der Waals surface area contributed by atoms with Gasteiger partial charge in [-0.15, -0.1) is 5.10 Å². The predicted octanol–water partition coefficient (Wildman–Crippen LogP) is 1.34. The van der Waals surface area contributed by atoms with Crippen molar-refractivity contribution in [1.82, 2.24) is 14.9 Å². The van der Waals surface area contributed by atoms with E-state index in [9.17, 15) is 8.42 Å². The number of hydrogen-bond acceptors (Lipinski definition) is 7. The van der Waals surface area contributed by atoms with Gasteiger partial charge in [-0.3, -0.25) is 0 Å². The molecule has 9 heteroatoms. The topological polar surface area (TPSA) is 111 Å². The highest BCUT2D eigenvalue weighted by Gasteiger charge is 2.17. The van der Waals surface area contributed by atoms with Gasteiger partial charge in [-0.1, -0.05) is 12.1 Å². The number of rotatable bonds is 7. The molecule has 26 heavy (non-hydrogen) atoms. The zero-order valence-electron chi connectivity index (χ0n) is 14.2. The van der Waals surface area contributed by atoms with Crippen molar-refractivity contribution < 1.29 is 8.42 Å². The van der Waals surface area contributed by atoms with Gasteiger partial charge in [0.05, 0.1) is 22.3 Å². The first-order chi connectivity index (χ1) is 12.6. The summed E-state index contributed by atoms with van der Waals surface area (Å²) < 4.78 is 27.1. The fourth-order valence-electron chi connectivity index (χ4n) is 2.84. The summed E-state index contributed by atoms with van der Waals surface area (Å²) in [4.78, 5) is 2.24. The number of anilines is 2. The molecular formula is C17H20N6O2S. The van der Waals surface area contributed by atoms with Crippen molar-refractivity contribution in [3.8, 4) is 6.07 Å². The van der Waals surface area contributed by atoms with E-state index in [4.69, 9.17) is 5.26 Å². The van der Waals surface area contributed by atoms with E-state index >= 15 is 0 Å². The largest absolute Gasteiger partial charge is 0.370 e. The van der Waals surface area contributed by atoms with Gasteiger partial charge in [0, 0.05) is 32.2 Å². The zero-order chi connectivity index (χ0) is 18.4. The molecule has 0 aliphatic carbocycles. The Labute approximate surface area is 152 Å². The summed E-state index contributed by atoms with van der Waals surface area (Å²) in [6.07, 6.45) is 4.09. The molecular weight excluding hydrogens is 352 g/mol. The van der Waals surface area contributed by atoms with Gasteiger partial charge in [-0.25, -0.2) is 13.1 Å². The first kappa shape index (κ1) is 18.1. The standard InChI is InChI=1S/C17H20N6O2S/c18-12-14-5-1-2-6-16(14)26(24,25)21-8-7-19-17-11-15(13-20-22-17)23-9-3-4-10-23/h1-2,5-6,11,13,21H,3-4,7-10H2,(H,19,22). The monoisotopic (exact) mass is 372 g/mol. The maximum atomic E-state index is 12.3. The summed E-state index contributed by atoms with van der Waals surface area (Å²) in [5.41, 5.74) is 1.14. The van der Waals surface area contributed by atoms with Gasteiger partial charge in [0.1, 0.15) is 6.07 Å². The smallest absolute Gasteiger partial charge is 0.241 e. The summed E-state index contributed by atoms with van der Waals surface area (Å²) in [6, 6.07) is 9.92. The zero-order valence-corrected chi connectivity index (χ0v) is 15.0. The maximum absolute atomic E-state index is 12.3. The Balaban J connectivity index is 1.55. The maximum Gasteiger partial charge on any atom is 0.241 e. The molecule has 1 aromatic carbocycles. The van der Waals surface area contributed by atoms with E-state index in [1.54, 1.807) is 18.3 Å². The summed E-state index contributed by atoms with van der Waals surface area (Å²) in [7, 11) is -3.74. The minimum Gasteiger partial charge on any atom is -0.370 e. The fourth-order valence-corrected chi connectivity index (χ4v) is 4.03.